The van der Waals surface area contributed by atoms with Crippen molar-refractivity contribution in [2.45, 2.75) is 97.5 Å². The highest BCUT2D eigenvalue weighted by Crippen LogP contribution is 2.40. The first-order valence-electron chi connectivity index (χ1n) is 28.8. The van der Waals surface area contributed by atoms with Crippen molar-refractivity contribution in [3.8, 4) is 11.5 Å². The number of nitrogens with zero attached hydrogens (tertiary/aromatic N) is 2. The summed E-state index contributed by atoms with van der Waals surface area (Å²) < 4.78 is 92.3. The molecule has 2 aliphatic carbocycles. The molecule has 4 aliphatic rings. The molecule has 22 nitrogen and oxygen atoms in total. The van der Waals surface area contributed by atoms with Gasteiger partial charge < -0.3 is 61.2 Å². The molecule has 0 unspecified atom stereocenters. The minimum absolute atomic E-state index is 0.0857. The maximum absolute atomic E-state index is 13.0. The first-order chi connectivity index (χ1) is 39.8. The Bertz CT molecular complexity index is 2650. The predicted molar refractivity (Wildman–Crippen MR) is 311 cm³/mol. The fraction of sp³-hybridized carbons (Fsp3) is 0.552. The molecule has 2 fully saturated rings. The Kier molecular flexibility index (Phi) is 24.4. The van der Waals surface area contributed by atoms with Gasteiger partial charge in [0.2, 0.25) is 20.0 Å². The van der Waals surface area contributed by atoms with Gasteiger partial charge in [0.25, 0.3) is 0 Å². The Morgan fingerprint density at radius 2 is 0.841 bits per heavy atom. The summed E-state index contributed by atoms with van der Waals surface area (Å²) in [7, 11) is -7.53. The van der Waals surface area contributed by atoms with Crippen LogP contribution in [0.15, 0.2) is 107 Å². The third-order valence-electron chi connectivity index (χ3n) is 15.1. The molecule has 8 rings (SSSR count). The van der Waals surface area contributed by atoms with Crippen molar-refractivity contribution in [1.29, 1.82) is 0 Å². The summed E-state index contributed by atoms with van der Waals surface area (Å²) in [6.07, 6.45) is 6.90. The zero-order valence-electron chi connectivity index (χ0n) is 46.9. The zero-order chi connectivity index (χ0) is 57.6. The highest BCUT2D eigenvalue weighted by molar-refractivity contribution is 7.89. The number of rotatable bonds is 33. The molecular formula is C58H84N10O12S2. The summed E-state index contributed by atoms with van der Waals surface area (Å²) in [6, 6.07) is 29.6. The molecule has 2 aliphatic heterocycles. The summed E-state index contributed by atoms with van der Waals surface area (Å²) >= 11 is 0. The molecule has 0 spiro atoms. The largest absolute Gasteiger partial charge is 0.484 e. The topological polar surface area (TPSA) is 288 Å². The molecule has 10 N–H and O–H groups in total. The van der Waals surface area contributed by atoms with Crippen molar-refractivity contribution in [3.05, 3.63) is 119 Å². The third-order valence-corrected chi connectivity index (χ3v) is 18.0. The first-order valence-corrected chi connectivity index (χ1v) is 31.8. The molecule has 4 aromatic rings. The quantitative estimate of drug-likeness (QED) is 0.0318. The Balaban J connectivity index is 0.569. The van der Waals surface area contributed by atoms with Crippen LogP contribution >= 0.6 is 0 Å². The average molecular weight is 1180 g/mol. The van der Waals surface area contributed by atoms with Crippen LogP contribution in [0.3, 0.4) is 0 Å². The lowest BCUT2D eigenvalue weighted by molar-refractivity contribution is 0.0516. The highest BCUT2D eigenvalue weighted by Gasteiger charge is 2.41. The molecule has 2 saturated heterocycles. The van der Waals surface area contributed by atoms with Crippen LogP contribution in [-0.2, 0) is 51.8 Å². The van der Waals surface area contributed by atoms with Crippen LogP contribution in [0.25, 0.3) is 0 Å². The monoisotopic (exact) mass is 1180 g/mol. The molecule has 0 saturated carbocycles. The van der Waals surface area contributed by atoms with E-state index in [9.17, 15) is 26.4 Å². The van der Waals surface area contributed by atoms with Crippen LogP contribution in [0.4, 0.5) is 9.59 Å². The smallest absolute Gasteiger partial charge is 0.314 e. The van der Waals surface area contributed by atoms with Crippen molar-refractivity contribution in [1.82, 2.24) is 40.5 Å². The number of ether oxygens (including phenoxy) is 6. The second kappa shape index (κ2) is 32.0. The van der Waals surface area contributed by atoms with Gasteiger partial charge in [-0.15, -0.1) is 0 Å². The van der Waals surface area contributed by atoms with Gasteiger partial charge in [0.15, 0.2) is 0 Å². The van der Waals surface area contributed by atoms with Gasteiger partial charge in [0.05, 0.1) is 74.7 Å². The van der Waals surface area contributed by atoms with E-state index in [1.165, 1.54) is 11.1 Å². The van der Waals surface area contributed by atoms with Crippen LogP contribution in [0.2, 0.25) is 0 Å². The van der Waals surface area contributed by atoms with Gasteiger partial charge in [-0.05, 0) is 135 Å². The van der Waals surface area contributed by atoms with Gasteiger partial charge in [-0.2, -0.15) is 0 Å². The number of hydrogen-bond acceptors (Lipinski definition) is 16. The van der Waals surface area contributed by atoms with Crippen molar-refractivity contribution >= 4 is 32.1 Å². The standard InChI is InChI=1S/C58H84N10O12S2/c59-45-11-7-29-67(41-45)53-39-43-9-1-3-13-51(43)55(53)79-47-15-19-49(20-16-47)81(71,72)65-27-33-77-37-35-75-31-25-63-57(69)61-23-5-6-24-62-58(70)64-26-32-76-36-38-78-34-28-66-82(73,74)50-21-17-48(18-22-50)80-56-52-14-4-2-10-44(52)40-54(56)68-30-8-12-46(60)42-68/h1-4,9-10,13-22,45-46,53-56,65-66H,5-8,11-12,23-42,59-60H2,(H2,61,63,69)(H2,62,64,70)/t45-,46-,53-,54-,55-,56-/m1/s1. The summed E-state index contributed by atoms with van der Waals surface area (Å²) in [4.78, 5) is 29.4. The van der Waals surface area contributed by atoms with Gasteiger partial charge in [-0.3, -0.25) is 9.80 Å². The normalized spacial score (nSPS) is 21.1. The minimum Gasteiger partial charge on any atom is -0.484 e. The molecule has 82 heavy (non-hydrogen) atoms. The van der Waals surface area contributed by atoms with E-state index in [1.807, 2.05) is 24.3 Å². The number of likely N-dealkylation sites (tertiary alicyclic amines) is 2. The summed E-state index contributed by atoms with van der Waals surface area (Å²) in [5.74, 6) is 1.20. The first kappa shape index (κ1) is 62.6. The minimum atomic E-state index is -3.76. The number of fused-ring (bicyclic) bond motifs is 2. The lowest BCUT2D eigenvalue weighted by Crippen LogP contribution is -2.49. The van der Waals surface area contributed by atoms with E-state index in [4.69, 9.17) is 39.9 Å². The molecule has 450 valence electrons. The van der Waals surface area contributed by atoms with E-state index >= 15 is 0 Å². The number of piperidine rings is 2. The van der Waals surface area contributed by atoms with Crippen molar-refractivity contribution in [2.24, 2.45) is 11.5 Å². The van der Waals surface area contributed by atoms with Gasteiger partial charge in [0, 0.05) is 64.4 Å². The number of hydrogen-bond donors (Lipinski definition) is 8. The van der Waals surface area contributed by atoms with Crippen molar-refractivity contribution in [2.75, 3.05) is 118 Å². The predicted octanol–water partition coefficient (Wildman–Crippen LogP) is 3.32. The number of sulfonamides is 2. The molecule has 2 heterocycles. The lowest BCUT2D eigenvalue weighted by Gasteiger charge is -2.38. The molecule has 4 aromatic carbocycles. The molecular weight excluding hydrogens is 1090 g/mol. The summed E-state index contributed by atoms with van der Waals surface area (Å²) in [5.41, 5.74) is 17.5. The van der Waals surface area contributed by atoms with Crippen LogP contribution in [0.1, 0.15) is 73.0 Å². The number of urea groups is 2. The number of nitrogens with two attached hydrogens (primary N) is 2. The second-order valence-electron chi connectivity index (χ2n) is 21.1. The molecule has 0 bridgehead atoms. The average Bonchev–Trinajstić information content (AvgIpc) is 3.87. The van der Waals surface area contributed by atoms with E-state index < -0.39 is 20.0 Å². The Labute approximate surface area is 483 Å². The Hall–Kier alpha value is -5.48. The maximum Gasteiger partial charge on any atom is 0.314 e. The van der Waals surface area contributed by atoms with E-state index in [2.05, 4.69) is 64.8 Å². The molecule has 6 atom stereocenters. The van der Waals surface area contributed by atoms with E-state index in [-0.39, 0.29) is 124 Å². The van der Waals surface area contributed by atoms with Gasteiger partial charge >= 0.3 is 12.1 Å². The van der Waals surface area contributed by atoms with Gasteiger partial charge in [0.1, 0.15) is 23.7 Å². The number of carbonyl (C=O) groups is 2. The maximum atomic E-state index is 13.0. The second-order valence-corrected chi connectivity index (χ2v) is 24.6. The van der Waals surface area contributed by atoms with Crippen LogP contribution in [0.5, 0.6) is 11.5 Å². The Morgan fingerprint density at radius 1 is 0.476 bits per heavy atom. The highest BCUT2D eigenvalue weighted by atomic mass is 32.2. The zero-order valence-corrected chi connectivity index (χ0v) is 48.5. The third kappa shape index (κ3) is 19.0. The van der Waals surface area contributed by atoms with Crippen molar-refractivity contribution in [3.63, 3.8) is 0 Å². The number of benzene rings is 4. The summed E-state index contributed by atoms with van der Waals surface area (Å²) in [5, 5.41) is 11.0. The molecule has 0 radical (unpaired) electrons. The van der Waals surface area contributed by atoms with Crippen LogP contribution < -0.4 is 51.7 Å². The lowest BCUT2D eigenvalue weighted by atomic mass is 10.0. The van der Waals surface area contributed by atoms with E-state index in [0.717, 1.165) is 75.8 Å². The molecule has 4 amide bonds. The van der Waals surface area contributed by atoms with E-state index in [0.29, 0.717) is 50.5 Å². The van der Waals surface area contributed by atoms with Crippen LogP contribution in [0, 0.1) is 0 Å². The Morgan fingerprint density at radius 3 is 1.23 bits per heavy atom. The van der Waals surface area contributed by atoms with Crippen molar-refractivity contribution < 1.29 is 54.8 Å². The SMILES string of the molecule is N[C@@H]1CCCN([C@@H]2Cc3ccccc3[C@H]2Oc2ccc(S(=O)(=O)NCCOCCOCCNC(=O)NCCCCNC(=O)NCCOCCOCCNS(=O)(=O)c3ccc(O[C@@H]4c5ccccc5C[C@H]4N4CCC[C@@H](N)C4)cc3)cc2)C1. The number of carbonyl (C=O) groups excluding carboxylic acids is 2. The molecule has 0 aromatic heterocycles. The molecule has 24 heteroatoms. The van der Waals surface area contributed by atoms with Crippen LogP contribution in [-0.4, -0.2) is 181 Å². The number of amides is 4. The summed E-state index contributed by atoms with van der Waals surface area (Å²) in [6.45, 7) is 7.15. The fourth-order valence-corrected chi connectivity index (χ4v) is 13.0. The number of nitrogens with one attached hydrogen (secondary N) is 6. The van der Waals surface area contributed by atoms with Gasteiger partial charge in [-0.25, -0.2) is 35.9 Å². The van der Waals surface area contributed by atoms with Gasteiger partial charge in [-0.1, -0.05) is 48.5 Å². The number of unbranched alkanes of at least 4 members (excludes halogenated alkanes) is 1. The fourth-order valence-electron chi connectivity index (χ4n) is 10.9. The van der Waals surface area contributed by atoms with E-state index in [1.54, 1.807) is 48.5 Å².